The summed E-state index contributed by atoms with van der Waals surface area (Å²) in [4.78, 5) is 27.4. The molecule has 1 aliphatic carbocycles. The number of amidine groups is 1. The maximum Gasteiger partial charge on any atom is 0.262 e. The predicted octanol–water partition coefficient (Wildman–Crippen LogP) is 4.46. The molecule has 1 amide bonds. The summed E-state index contributed by atoms with van der Waals surface area (Å²) in [5, 5.41) is 7.53. The fourth-order valence-corrected chi connectivity index (χ4v) is 4.76. The highest BCUT2D eigenvalue weighted by Gasteiger charge is 2.33. The van der Waals surface area contributed by atoms with E-state index in [1.807, 2.05) is 24.3 Å². The highest BCUT2D eigenvalue weighted by Crippen LogP contribution is 2.33. The van der Waals surface area contributed by atoms with Gasteiger partial charge in [-0.05, 0) is 54.7 Å². The number of anilines is 1. The predicted molar refractivity (Wildman–Crippen MR) is 130 cm³/mol. The molecule has 172 valence electrons. The number of nitrogens with two attached hydrogens (primary N) is 1. The molecule has 0 unspecified atom stereocenters. The molecule has 0 spiro atoms. The maximum absolute atomic E-state index is 13.2. The standard InChI is InChI=1S/C27H31N3O3/c1-33-24-17-30(22-14-12-21(13-15-22)26(28)29)27(32)25(24)20-10-7-18(8-11-20)9-16-23(31)19-5-3-2-4-6-19/h7-8,10-15,19H,2-6,9,16-17H2,1H3,(H3,28,29). The number of nitrogen functional groups attached to an aromatic ring is 1. The van der Waals surface area contributed by atoms with Gasteiger partial charge < -0.3 is 15.4 Å². The third-order valence-electron chi connectivity index (χ3n) is 6.74. The van der Waals surface area contributed by atoms with Gasteiger partial charge in [0.1, 0.15) is 17.4 Å². The monoisotopic (exact) mass is 445 g/mol. The Morgan fingerprint density at radius 3 is 2.33 bits per heavy atom. The molecule has 0 saturated heterocycles. The lowest BCUT2D eigenvalue weighted by molar-refractivity contribution is -0.123. The van der Waals surface area contributed by atoms with E-state index in [4.69, 9.17) is 15.9 Å². The van der Waals surface area contributed by atoms with E-state index in [1.54, 1.807) is 36.3 Å². The summed E-state index contributed by atoms with van der Waals surface area (Å²) in [6.07, 6.45) is 7.00. The SMILES string of the molecule is COC1=C(c2ccc(CCC(=O)C3CCCCC3)cc2)C(=O)N(c2ccc(C(=N)N)cc2)C1. The van der Waals surface area contributed by atoms with Crippen LogP contribution in [0.2, 0.25) is 0 Å². The van der Waals surface area contributed by atoms with E-state index in [0.29, 0.717) is 35.6 Å². The van der Waals surface area contributed by atoms with E-state index in [9.17, 15) is 9.59 Å². The second-order valence-electron chi connectivity index (χ2n) is 8.85. The van der Waals surface area contributed by atoms with Gasteiger partial charge in [0.2, 0.25) is 0 Å². The zero-order valence-corrected chi connectivity index (χ0v) is 19.1. The normalized spacial score (nSPS) is 16.9. The van der Waals surface area contributed by atoms with Crippen LogP contribution in [0, 0.1) is 11.3 Å². The fraction of sp³-hybridized carbons (Fsp3) is 0.370. The third-order valence-corrected chi connectivity index (χ3v) is 6.74. The molecule has 0 bridgehead atoms. The molecule has 6 nitrogen and oxygen atoms in total. The Balaban J connectivity index is 1.44. The summed E-state index contributed by atoms with van der Waals surface area (Å²) < 4.78 is 5.56. The minimum absolute atomic E-state index is 0.00813. The van der Waals surface area contributed by atoms with Gasteiger partial charge >= 0.3 is 0 Å². The smallest absolute Gasteiger partial charge is 0.262 e. The minimum atomic E-state index is -0.123. The molecule has 0 aromatic heterocycles. The topological polar surface area (TPSA) is 96.5 Å². The summed E-state index contributed by atoms with van der Waals surface area (Å²) in [6, 6.07) is 14.9. The van der Waals surface area contributed by atoms with E-state index < -0.39 is 0 Å². The van der Waals surface area contributed by atoms with Crippen molar-refractivity contribution in [3.63, 3.8) is 0 Å². The molecule has 2 aromatic carbocycles. The van der Waals surface area contributed by atoms with E-state index in [-0.39, 0.29) is 17.7 Å². The number of hydrogen-bond donors (Lipinski definition) is 2. The van der Waals surface area contributed by atoms with Crippen LogP contribution in [0.5, 0.6) is 0 Å². The van der Waals surface area contributed by atoms with Crippen molar-refractivity contribution in [2.24, 2.45) is 11.7 Å². The van der Waals surface area contributed by atoms with Crippen molar-refractivity contribution in [3.05, 3.63) is 71.0 Å². The van der Waals surface area contributed by atoms with Crippen LogP contribution in [0.15, 0.2) is 54.3 Å². The molecule has 0 radical (unpaired) electrons. The number of carbonyl (C=O) groups is 2. The van der Waals surface area contributed by atoms with Crippen LogP contribution in [0.25, 0.3) is 5.57 Å². The average molecular weight is 446 g/mol. The van der Waals surface area contributed by atoms with Crippen LogP contribution in [0.3, 0.4) is 0 Å². The number of ketones is 1. The van der Waals surface area contributed by atoms with Crippen LogP contribution in [-0.2, 0) is 20.7 Å². The fourth-order valence-electron chi connectivity index (χ4n) is 4.76. The Labute approximate surface area is 194 Å². The first kappa shape index (κ1) is 22.8. The highest BCUT2D eigenvalue weighted by atomic mass is 16.5. The number of rotatable bonds is 8. The number of aryl methyl sites for hydroxylation is 1. The number of amides is 1. The summed E-state index contributed by atoms with van der Waals surface area (Å²) in [7, 11) is 1.58. The van der Waals surface area contributed by atoms with Crippen molar-refractivity contribution in [2.45, 2.75) is 44.9 Å². The molecule has 33 heavy (non-hydrogen) atoms. The lowest BCUT2D eigenvalue weighted by Crippen LogP contribution is -2.26. The summed E-state index contributed by atoms with van der Waals surface area (Å²) in [5.74, 6) is 1.13. The number of Topliss-reactive ketones (excluding diaryl/α,β-unsaturated/α-hetero) is 1. The number of nitrogens with zero attached hydrogens (tertiary/aromatic N) is 1. The van der Waals surface area contributed by atoms with Crippen molar-refractivity contribution >= 4 is 28.8 Å². The van der Waals surface area contributed by atoms with Crippen molar-refractivity contribution in [3.8, 4) is 0 Å². The van der Waals surface area contributed by atoms with Crippen LogP contribution in [0.4, 0.5) is 5.69 Å². The molecule has 2 aliphatic rings. The Bertz CT molecular complexity index is 1060. The molecule has 0 atom stereocenters. The van der Waals surface area contributed by atoms with Gasteiger partial charge in [0.05, 0.1) is 19.2 Å². The lowest BCUT2D eigenvalue weighted by Gasteiger charge is -2.20. The Morgan fingerprint density at radius 2 is 1.73 bits per heavy atom. The van der Waals surface area contributed by atoms with Crippen molar-refractivity contribution in [2.75, 3.05) is 18.6 Å². The zero-order chi connectivity index (χ0) is 23.4. The first-order valence-electron chi connectivity index (χ1n) is 11.6. The zero-order valence-electron chi connectivity index (χ0n) is 19.1. The van der Waals surface area contributed by atoms with Gasteiger partial charge in [-0.3, -0.25) is 15.0 Å². The second-order valence-corrected chi connectivity index (χ2v) is 8.85. The number of ether oxygens (including phenoxy) is 1. The third kappa shape index (κ3) is 5.00. The van der Waals surface area contributed by atoms with Gasteiger partial charge in [-0.1, -0.05) is 43.5 Å². The van der Waals surface area contributed by atoms with Gasteiger partial charge in [-0.15, -0.1) is 0 Å². The van der Waals surface area contributed by atoms with E-state index in [2.05, 4.69) is 0 Å². The highest BCUT2D eigenvalue weighted by molar-refractivity contribution is 6.29. The van der Waals surface area contributed by atoms with Crippen LogP contribution in [-0.4, -0.2) is 31.2 Å². The summed E-state index contributed by atoms with van der Waals surface area (Å²) >= 11 is 0. The Hall–Kier alpha value is -3.41. The van der Waals surface area contributed by atoms with Gasteiger partial charge in [0.25, 0.3) is 5.91 Å². The van der Waals surface area contributed by atoms with Gasteiger partial charge in [0.15, 0.2) is 0 Å². The van der Waals surface area contributed by atoms with Gasteiger partial charge in [0, 0.05) is 23.6 Å². The molecule has 1 heterocycles. The van der Waals surface area contributed by atoms with Crippen molar-refractivity contribution in [1.29, 1.82) is 5.41 Å². The Kier molecular flexibility index (Phi) is 6.92. The van der Waals surface area contributed by atoms with Gasteiger partial charge in [-0.25, -0.2) is 0 Å². The Morgan fingerprint density at radius 1 is 1.06 bits per heavy atom. The van der Waals surface area contributed by atoms with E-state index in [1.165, 1.54) is 19.3 Å². The number of hydrogen-bond acceptors (Lipinski definition) is 4. The molecule has 1 fully saturated rings. The average Bonchev–Trinajstić information content (AvgIpc) is 3.19. The minimum Gasteiger partial charge on any atom is -0.498 e. The number of nitrogens with one attached hydrogen (secondary N) is 1. The second kappa shape index (κ2) is 10.0. The summed E-state index contributed by atoms with van der Waals surface area (Å²) in [5.41, 5.74) is 9.34. The molecule has 6 heteroatoms. The molecular formula is C27H31N3O3. The first-order chi connectivity index (χ1) is 16.0. The van der Waals surface area contributed by atoms with E-state index >= 15 is 0 Å². The van der Waals surface area contributed by atoms with Crippen LogP contribution in [0.1, 0.15) is 55.2 Å². The number of carbonyl (C=O) groups excluding carboxylic acids is 2. The quantitative estimate of drug-likeness (QED) is 0.463. The largest absolute Gasteiger partial charge is 0.498 e. The van der Waals surface area contributed by atoms with Crippen molar-refractivity contribution in [1.82, 2.24) is 0 Å². The molecule has 2 aromatic rings. The van der Waals surface area contributed by atoms with Crippen LogP contribution >= 0.6 is 0 Å². The molecule has 3 N–H and O–H groups in total. The number of benzene rings is 2. The molecule has 4 rings (SSSR count). The van der Waals surface area contributed by atoms with Crippen LogP contribution < -0.4 is 10.6 Å². The molecule has 1 saturated carbocycles. The first-order valence-corrected chi connectivity index (χ1v) is 11.6. The molecular weight excluding hydrogens is 414 g/mol. The maximum atomic E-state index is 13.2. The van der Waals surface area contributed by atoms with Gasteiger partial charge in [-0.2, -0.15) is 0 Å². The number of methoxy groups -OCH3 is 1. The molecule has 1 aliphatic heterocycles. The van der Waals surface area contributed by atoms with Crippen molar-refractivity contribution < 1.29 is 14.3 Å². The summed E-state index contributed by atoms with van der Waals surface area (Å²) in [6.45, 7) is 0.349. The lowest BCUT2D eigenvalue weighted by atomic mass is 9.84. The van der Waals surface area contributed by atoms with E-state index in [0.717, 1.165) is 36.1 Å².